The van der Waals surface area contributed by atoms with Gasteiger partial charge in [-0.25, -0.2) is 4.98 Å². The van der Waals surface area contributed by atoms with Gasteiger partial charge in [0.25, 0.3) is 0 Å². The first-order chi connectivity index (χ1) is 8.16. The molecule has 2 N–H and O–H groups in total. The van der Waals surface area contributed by atoms with Crippen LogP contribution in [-0.4, -0.2) is 19.3 Å². The number of halogens is 1. The third-order valence-corrected chi connectivity index (χ3v) is 2.92. The summed E-state index contributed by atoms with van der Waals surface area (Å²) in [7, 11) is 1.85. The van der Waals surface area contributed by atoms with Crippen LogP contribution in [0.5, 0.6) is 0 Å². The summed E-state index contributed by atoms with van der Waals surface area (Å²) in [6.45, 7) is 0. The number of nitrogen functional groups attached to an aromatic ring is 1. The normalized spacial score (nSPS) is 11.2. The molecule has 0 spiro atoms. The fourth-order valence-corrected chi connectivity index (χ4v) is 2.09. The lowest BCUT2D eigenvalue weighted by Gasteiger charge is -2.01. The number of rotatable bonds is 1. The van der Waals surface area contributed by atoms with Gasteiger partial charge in [-0.15, -0.1) is 0 Å². The van der Waals surface area contributed by atoms with Crippen molar-refractivity contribution in [2.75, 3.05) is 5.73 Å². The Morgan fingerprint density at radius 2 is 2.18 bits per heavy atom. The second kappa shape index (κ2) is 3.49. The molecular weight excluding hydrogens is 238 g/mol. The van der Waals surface area contributed by atoms with E-state index in [4.69, 9.17) is 17.3 Å². The molecule has 0 bridgehead atoms. The van der Waals surface area contributed by atoms with Crippen molar-refractivity contribution in [2.45, 2.75) is 0 Å². The molecule has 0 saturated heterocycles. The third-order valence-electron chi connectivity index (χ3n) is 2.61. The van der Waals surface area contributed by atoms with Crippen LogP contribution in [0.3, 0.4) is 0 Å². The number of hydrogen-bond acceptors (Lipinski definition) is 3. The number of fused-ring (bicyclic) bond motifs is 1. The van der Waals surface area contributed by atoms with E-state index in [2.05, 4.69) is 10.1 Å². The van der Waals surface area contributed by atoms with Crippen molar-refractivity contribution >= 4 is 28.6 Å². The van der Waals surface area contributed by atoms with Gasteiger partial charge in [-0.3, -0.25) is 9.25 Å². The summed E-state index contributed by atoms with van der Waals surface area (Å²) in [5, 5.41) is 4.72. The van der Waals surface area contributed by atoms with Crippen molar-refractivity contribution < 1.29 is 0 Å². The van der Waals surface area contributed by atoms with Crippen molar-refractivity contribution in [3.63, 3.8) is 0 Å². The van der Waals surface area contributed by atoms with Gasteiger partial charge in [0, 0.05) is 13.2 Å². The second-order valence-electron chi connectivity index (χ2n) is 3.79. The molecule has 3 aromatic rings. The van der Waals surface area contributed by atoms with Crippen LogP contribution in [0.25, 0.3) is 16.7 Å². The van der Waals surface area contributed by atoms with Crippen molar-refractivity contribution in [3.8, 4) is 5.69 Å². The first kappa shape index (κ1) is 10.2. The van der Waals surface area contributed by atoms with E-state index in [0.29, 0.717) is 16.5 Å². The van der Waals surface area contributed by atoms with Gasteiger partial charge >= 0.3 is 0 Å². The summed E-state index contributed by atoms with van der Waals surface area (Å²) in [5.74, 6) is 0.404. The van der Waals surface area contributed by atoms with Crippen LogP contribution in [0.1, 0.15) is 0 Å². The third kappa shape index (κ3) is 1.47. The lowest BCUT2D eigenvalue weighted by molar-refractivity contribution is 0.767. The van der Waals surface area contributed by atoms with Gasteiger partial charge in [0.05, 0.1) is 22.4 Å². The Kier molecular flexibility index (Phi) is 2.09. The molecule has 5 nitrogen and oxygen atoms in total. The molecule has 86 valence electrons. The highest BCUT2D eigenvalue weighted by atomic mass is 35.5. The van der Waals surface area contributed by atoms with Gasteiger partial charge in [0.15, 0.2) is 0 Å². The van der Waals surface area contributed by atoms with Crippen LogP contribution in [0.4, 0.5) is 5.95 Å². The largest absolute Gasteiger partial charge is 0.369 e. The van der Waals surface area contributed by atoms with Crippen LogP contribution in [0.15, 0.2) is 30.6 Å². The monoisotopic (exact) mass is 247 g/mol. The average Bonchev–Trinajstić information content (AvgIpc) is 2.82. The lowest BCUT2D eigenvalue weighted by atomic mass is 10.3. The van der Waals surface area contributed by atoms with Gasteiger partial charge in [0.1, 0.15) is 5.52 Å². The zero-order valence-corrected chi connectivity index (χ0v) is 9.89. The number of nitrogens with zero attached hydrogens (tertiary/aromatic N) is 4. The van der Waals surface area contributed by atoms with E-state index in [1.807, 2.05) is 29.9 Å². The van der Waals surface area contributed by atoms with Crippen molar-refractivity contribution in [1.82, 2.24) is 19.3 Å². The number of nitrogens with two attached hydrogens (primary N) is 1. The van der Waals surface area contributed by atoms with E-state index < -0.39 is 0 Å². The number of aryl methyl sites for hydroxylation is 1. The summed E-state index contributed by atoms with van der Waals surface area (Å²) >= 11 is 6.08. The fourth-order valence-electron chi connectivity index (χ4n) is 1.88. The van der Waals surface area contributed by atoms with E-state index in [0.717, 1.165) is 11.2 Å². The molecule has 3 rings (SSSR count). The smallest absolute Gasteiger partial charge is 0.206 e. The van der Waals surface area contributed by atoms with Gasteiger partial charge < -0.3 is 5.73 Å². The summed E-state index contributed by atoms with van der Waals surface area (Å²) in [6, 6.07) is 5.60. The number of benzene rings is 1. The quantitative estimate of drug-likeness (QED) is 0.715. The molecule has 17 heavy (non-hydrogen) atoms. The molecule has 0 aliphatic heterocycles. The van der Waals surface area contributed by atoms with E-state index in [1.54, 1.807) is 16.9 Å². The zero-order valence-electron chi connectivity index (χ0n) is 9.13. The summed E-state index contributed by atoms with van der Waals surface area (Å²) < 4.78 is 3.54. The van der Waals surface area contributed by atoms with E-state index >= 15 is 0 Å². The highest BCUT2D eigenvalue weighted by molar-refractivity contribution is 6.35. The molecule has 2 aromatic heterocycles. The Bertz CT molecular complexity index is 697. The average molecular weight is 248 g/mol. The first-order valence-corrected chi connectivity index (χ1v) is 5.46. The van der Waals surface area contributed by atoms with Crippen molar-refractivity contribution in [3.05, 3.63) is 35.6 Å². The SMILES string of the molecule is Cn1cc(-n2c(N)nc3c(Cl)cccc32)cn1. The van der Waals surface area contributed by atoms with Gasteiger partial charge in [-0.2, -0.15) is 5.10 Å². The van der Waals surface area contributed by atoms with Gasteiger partial charge in [-0.1, -0.05) is 17.7 Å². The predicted octanol–water partition coefficient (Wildman–Crippen LogP) is 1.99. The Labute approximate surface area is 102 Å². The Morgan fingerprint density at radius 1 is 1.35 bits per heavy atom. The molecule has 1 aromatic carbocycles. The maximum absolute atomic E-state index is 6.08. The highest BCUT2D eigenvalue weighted by Crippen LogP contribution is 2.27. The van der Waals surface area contributed by atoms with Crippen LogP contribution >= 0.6 is 11.6 Å². The maximum Gasteiger partial charge on any atom is 0.206 e. The minimum absolute atomic E-state index is 0.404. The van der Waals surface area contributed by atoms with Crippen LogP contribution in [-0.2, 0) is 7.05 Å². The number of para-hydroxylation sites is 1. The Hall–Kier alpha value is -2.01. The zero-order chi connectivity index (χ0) is 12.0. The minimum Gasteiger partial charge on any atom is -0.369 e. The Balaban J connectivity index is 2.36. The van der Waals surface area contributed by atoms with Crippen molar-refractivity contribution in [2.24, 2.45) is 7.05 Å². The maximum atomic E-state index is 6.08. The molecule has 0 saturated carbocycles. The van der Waals surface area contributed by atoms with E-state index in [1.165, 1.54) is 0 Å². The molecule has 0 aliphatic rings. The van der Waals surface area contributed by atoms with Crippen molar-refractivity contribution in [1.29, 1.82) is 0 Å². The highest BCUT2D eigenvalue weighted by Gasteiger charge is 2.12. The molecule has 0 amide bonds. The molecule has 2 heterocycles. The molecule has 0 radical (unpaired) electrons. The molecule has 0 fully saturated rings. The summed E-state index contributed by atoms with van der Waals surface area (Å²) in [4.78, 5) is 4.27. The minimum atomic E-state index is 0.404. The fraction of sp³-hybridized carbons (Fsp3) is 0.0909. The van der Waals surface area contributed by atoms with Crippen LogP contribution < -0.4 is 5.73 Å². The van der Waals surface area contributed by atoms with Crippen LogP contribution in [0, 0.1) is 0 Å². The predicted molar refractivity (Wildman–Crippen MR) is 67.3 cm³/mol. The lowest BCUT2D eigenvalue weighted by Crippen LogP contribution is -1.99. The first-order valence-electron chi connectivity index (χ1n) is 5.08. The summed E-state index contributed by atoms with van der Waals surface area (Å²) in [6.07, 6.45) is 3.61. The van der Waals surface area contributed by atoms with E-state index in [-0.39, 0.29) is 0 Å². The molecule has 0 atom stereocenters. The standard InChI is InChI=1S/C11H10ClN5/c1-16-6-7(5-14-16)17-9-4-2-3-8(12)10(9)15-11(17)13/h2-6H,1H3,(H2,13,15). The van der Waals surface area contributed by atoms with Gasteiger partial charge in [-0.05, 0) is 12.1 Å². The summed E-state index contributed by atoms with van der Waals surface area (Å²) in [5.41, 5.74) is 8.37. The molecule has 0 unspecified atom stereocenters. The van der Waals surface area contributed by atoms with E-state index in [9.17, 15) is 0 Å². The number of hydrogen-bond donors (Lipinski definition) is 1. The topological polar surface area (TPSA) is 61.7 Å². The Morgan fingerprint density at radius 3 is 2.88 bits per heavy atom. The molecule has 6 heteroatoms. The molecule has 0 aliphatic carbocycles. The van der Waals surface area contributed by atoms with Gasteiger partial charge in [0.2, 0.25) is 5.95 Å². The van der Waals surface area contributed by atoms with Crippen LogP contribution in [0.2, 0.25) is 5.02 Å². The number of anilines is 1. The molecular formula is C11H10ClN5. The number of imidazole rings is 1. The number of aromatic nitrogens is 4. The second-order valence-corrected chi connectivity index (χ2v) is 4.19.